The minimum Gasteiger partial charge on any atom is -0.378 e. The van der Waals surface area contributed by atoms with Crippen LogP contribution in [0.1, 0.15) is 16.9 Å². The Morgan fingerprint density at radius 1 is 1.30 bits per heavy atom. The van der Waals surface area contributed by atoms with Gasteiger partial charge in [0.05, 0.1) is 13.2 Å². The fraction of sp³-hybridized carbons (Fsp3) is 0.462. The van der Waals surface area contributed by atoms with E-state index < -0.39 is 5.91 Å². The first-order valence-corrected chi connectivity index (χ1v) is 6.50. The minimum atomic E-state index is -0.391. The molecule has 2 amide bonds. The Bertz CT molecular complexity index is 534. The Labute approximate surface area is 115 Å². The van der Waals surface area contributed by atoms with Crippen molar-refractivity contribution >= 4 is 11.8 Å². The molecule has 1 aromatic heterocycles. The number of nitrogens with zero attached hydrogens (tertiary/aromatic N) is 1. The summed E-state index contributed by atoms with van der Waals surface area (Å²) >= 11 is 0. The zero-order chi connectivity index (χ0) is 14.4. The molecule has 20 heavy (non-hydrogen) atoms. The Balaban J connectivity index is 1.76. The Kier molecular flexibility index (Phi) is 4.89. The maximum atomic E-state index is 11.8. The van der Waals surface area contributed by atoms with E-state index in [-0.39, 0.29) is 30.1 Å². The number of carbonyl (C=O) groups excluding carboxylic acids is 2. The largest absolute Gasteiger partial charge is 0.378 e. The summed E-state index contributed by atoms with van der Waals surface area (Å²) in [4.78, 5) is 38.8. The number of hydrogen-bond acceptors (Lipinski definition) is 4. The maximum Gasteiger partial charge on any atom is 0.267 e. The van der Waals surface area contributed by atoms with E-state index in [0.717, 1.165) is 0 Å². The average Bonchev–Trinajstić information content (AvgIpc) is 2.48. The molecule has 7 heteroatoms. The smallest absolute Gasteiger partial charge is 0.267 e. The zero-order valence-electron chi connectivity index (χ0n) is 11.1. The number of nitrogens with one attached hydrogen (secondary N) is 2. The number of aromatic nitrogens is 1. The molecule has 1 aliphatic rings. The molecule has 0 bridgehead atoms. The lowest BCUT2D eigenvalue weighted by Gasteiger charge is -2.26. The highest BCUT2D eigenvalue weighted by molar-refractivity contribution is 5.92. The van der Waals surface area contributed by atoms with Crippen molar-refractivity contribution in [3.63, 3.8) is 0 Å². The van der Waals surface area contributed by atoms with Crippen LogP contribution < -0.4 is 10.9 Å². The Hall–Kier alpha value is -2.15. The summed E-state index contributed by atoms with van der Waals surface area (Å²) in [5.41, 5.74) is -0.140. The van der Waals surface area contributed by atoms with Crippen LogP contribution >= 0.6 is 0 Å². The third kappa shape index (κ3) is 3.92. The molecular formula is C13H17N3O4. The molecule has 2 rings (SSSR count). The van der Waals surface area contributed by atoms with Gasteiger partial charge in [0.25, 0.3) is 5.91 Å². The van der Waals surface area contributed by atoms with Gasteiger partial charge >= 0.3 is 0 Å². The first-order chi connectivity index (χ1) is 9.66. The SMILES string of the molecule is O=C(NCCC(=O)N1CCOCC1)c1cccc(=O)[nH]1. The van der Waals surface area contributed by atoms with Gasteiger partial charge in [-0.25, -0.2) is 0 Å². The highest BCUT2D eigenvalue weighted by Crippen LogP contribution is 1.99. The van der Waals surface area contributed by atoms with Crippen molar-refractivity contribution in [1.29, 1.82) is 0 Å². The van der Waals surface area contributed by atoms with E-state index in [2.05, 4.69) is 10.3 Å². The predicted molar refractivity (Wildman–Crippen MR) is 71.4 cm³/mol. The van der Waals surface area contributed by atoms with Crippen molar-refractivity contribution in [2.45, 2.75) is 6.42 Å². The van der Waals surface area contributed by atoms with E-state index in [4.69, 9.17) is 4.74 Å². The van der Waals surface area contributed by atoms with Crippen LogP contribution in [0.5, 0.6) is 0 Å². The minimum absolute atomic E-state index is 0.00449. The molecule has 7 nitrogen and oxygen atoms in total. The van der Waals surface area contributed by atoms with Gasteiger partial charge < -0.3 is 19.9 Å². The average molecular weight is 279 g/mol. The second-order valence-electron chi connectivity index (χ2n) is 4.43. The number of amides is 2. The van der Waals surface area contributed by atoms with Crippen LogP contribution in [0.15, 0.2) is 23.0 Å². The molecule has 0 atom stereocenters. The summed E-state index contributed by atoms with van der Waals surface area (Å²) in [6.07, 6.45) is 0.239. The van der Waals surface area contributed by atoms with E-state index in [9.17, 15) is 14.4 Å². The lowest BCUT2D eigenvalue weighted by molar-refractivity contribution is -0.135. The molecule has 0 saturated carbocycles. The van der Waals surface area contributed by atoms with Crippen LogP contribution in [0.25, 0.3) is 0 Å². The highest BCUT2D eigenvalue weighted by atomic mass is 16.5. The second kappa shape index (κ2) is 6.85. The van der Waals surface area contributed by atoms with E-state index >= 15 is 0 Å². The molecule has 2 N–H and O–H groups in total. The van der Waals surface area contributed by atoms with Crippen LogP contribution in [0.3, 0.4) is 0 Å². The van der Waals surface area contributed by atoms with E-state index in [1.807, 2.05) is 0 Å². The van der Waals surface area contributed by atoms with Crippen LogP contribution in [-0.4, -0.2) is 54.5 Å². The van der Waals surface area contributed by atoms with Crippen LogP contribution in [0.4, 0.5) is 0 Å². The fourth-order valence-electron chi connectivity index (χ4n) is 1.93. The van der Waals surface area contributed by atoms with E-state index in [0.29, 0.717) is 26.3 Å². The summed E-state index contributed by atoms with van der Waals surface area (Å²) in [5.74, 6) is -0.396. The number of hydrogen-bond donors (Lipinski definition) is 2. The van der Waals surface area contributed by atoms with Gasteiger partial charge in [0.1, 0.15) is 5.69 Å². The van der Waals surface area contributed by atoms with Crippen molar-refractivity contribution in [3.8, 4) is 0 Å². The van der Waals surface area contributed by atoms with Crippen LogP contribution in [-0.2, 0) is 9.53 Å². The third-order valence-corrected chi connectivity index (χ3v) is 3.00. The lowest BCUT2D eigenvalue weighted by atomic mass is 10.3. The topological polar surface area (TPSA) is 91.5 Å². The molecule has 2 heterocycles. The first-order valence-electron chi connectivity index (χ1n) is 6.50. The maximum absolute atomic E-state index is 11.8. The molecule has 0 unspecified atom stereocenters. The summed E-state index contributed by atoms with van der Waals surface area (Å²) in [7, 11) is 0. The van der Waals surface area contributed by atoms with Gasteiger partial charge in [0, 0.05) is 32.1 Å². The van der Waals surface area contributed by atoms with Crippen molar-refractivity contribution < 1.29 is 14.3 Å². The monoisotopic (exact) mass is 279 g/mol. The van der Waals surface area contributed by atoms with Gasteiger partial charge in [0.15, 0.2) is 0 Å². The van der Waals surface area contributed by atoms with Crippen molar-refractivity contribution in [2.24, 2.45) is 0 Å². The number of carbonyl (C=O) groups is 2. The van der Waals surface area contributed by atoms with Gasteiger partial charge in [0.2, 0.25) is 11.5 Å². The molecule has 108 valence electrons. The second-order valence-corrected chi connectivity index (χ2v) is 4.43. The third-order valence-electron chi connectivity index (χ3n) is 3.00. The first kappa shape index (κ1) is 14.3. The molecule has 1 saturated heterocycles. The zero-order valence-corrected chi connectivity index (χ0v) is 11.1. The molecule has 1 aromatic rings. The van der Waals surface area contributed by atoms with E-state index in [1.165, 1.54) is 18.2 Å². The van der Waals surface area contributed by atoms with Crippen LogP contribution in [0.2, 0.25) is 0 Å². The number of pyridine rings is 1. The summed E-state index contributed by atoms with van der Waals surface area (Å²) < 4.78 is 5.16. The van der Waals surface area contributed by atoms with Crippen molar-refractivity contribution in [1.82, 2.24) is 15.2 Å². The molecule has 0 spiro atoms. The van der Waals surface area contributed by atoms with Gasteiger partial charge in [-0.3, -0.25) is 14.4 Å². The van der Waals surface area contributed by atoms with Gasteiger partial charge in [-0.05, 0) is 6.07 Å². The summed E-state index contributed by atoms with van der Waals surface area (Å²) in [6, 6.07) is 4.35. The van der Waals surface area contributed by atoms with Gasteiger partial charge in [-0.15, -0.1) is 0 Å². The Morgan fingerprint density at radius 3 is 2.75 bits per heavy atom. The molecule has 0 radical (unpaired) electrons. The highest BCUT2D eigenvalue weighted by Gasteiger charge is 2.16. The quantitative estimate of drug-likeness (QED) is 0.766. The van der Waals surface area contributed by atoms with E-state index in [1.54, 1.807) is 4.90 Å². The number of rotatable bonds is 4. The molecular weight excluding hydrogens is 262 g/mol. The van der Waals surface area contributed by atoms with Gasteiger partial charge in [-0.1, -0.05) is 6.07 Å². The standard InChI is InChI=1S/C13H17N3O4/c17-11-3-1-2-10(15-11)13(19)14-5-4-12(18)16-6-8-20-9-7-16/h1-3H,4-9H2,(H,14,19)(H,15,17). The number of aromatic amines is 1. The normalized spacial score (nSPS) is 14.9. The Morgan fingerprint density at radius 2 is 2.05 bits per heavy atom. The van der Waals surface area contributed by atoms with Gasteiger partial charge in [-0.2, -0.15) is 0 Å². The number of H-pyrrole nitrogens is 1. The fourth-order valence-corrected chi connectivity index (χ4v) is 1.93. The van der Waals surface area contributed by atoms with Crippen molar-refractivity contribution in [2.75, 3.05) is 32.8 Å². The summed E-state index contributed by atoms with van der Waals surface area (Å²) in [6.45, 7) is 2.55. The molecule has 1 fully saturated rings. The molecule has 0 aliphatic carbocycles. The van der Waals surface area contributed by atoms with Crippen LogP contribution in [0, 0.1) is 0 Å². The number of ether oxygens (including phenoxy) is 1. The molecule has 0 aromatic carbocycles. The number of morpholine rings is 1. The lowest BCUT2D eigenvalue weighted by Crippen LogP contribution is -2.42. The summed E-state index contributed by atoms with van der Waals surface area (Å²) in [5, 5.41) is 2.61. The van der Waals surface area contributed by atoms with Crippen molar-refractivity contribution in [3.05, 3.63) is 34.2 Å². The molecule has 1 aliphatic heterocycles. The predicted octanol–water partition coefficient (Wildman–Crippen LogP) is -0.646.